The summed E-state index contributed by atoms with van der Waals surface area (Å²) < 4.78 is 18.6. The summed E-state index contributed by atoms with van der Waals surface area (Å²) in [6, 6.07) is 18.1. The van der Waals surface area contributed by atoms with E-state index in [0.29, 0.717) is 11.5 Å². The predicted octanol–water partition coefficient (Wildman–Crippen LogP) is 4.86. The van der Waals surface area contributed by atoms with Crippen LogP contribution in [0.2, 0.25) is 0 Å². The zero-order chi connectivity index (χ0) is 17.6. The maximum absolute atomic E-state index is 13.4. The molecular formula is C20H18FNO2S. The molecule has 128 valence electrons. The molecule has 3 rings (SSSR count). The second kappa shape index (κ2) is 8.03. The van der Waals surface area contributed by atoms with E-state index in [1.807, 2.05) is 42.5 Å². The number of methoxy groups -OCH3 is 1. The second-order valence-electron chi connectivity index (χ2n) is 5.52. The number of hydrogen-bond acceptors (Lipinski definition) is 3. The first-order chi connectivity index (χ1) is 12.2. The number of rotatable bonds is 6. The normalized spacial score (nSPS) is 10.6. The number of ether oxygens (including phenoxy) is 1. The van der Waals surface area contributed by atoms with Gasteiger partial charge in [-0.2, -0.15) is 0 Å². The first-order valence-electron chi connectivity index (χ1n) is 7.85. The van der Waals surface area contributed by atoms with Gasteiger partial charge in [-0.15, -0.1) is 11.8 Å². The molecule has 3 aromatic carbocycles. The maximum atomic E-state index is 13.4. The lowest BCUT2D eigenvalue weighted by Crippen LogP contribution is -2.14. The van der Waals surface area contributed by atoms with Crippen LogP contribution < -0.4 is 10.1 Å². The topological polar surface area (TPSA) is 38.3 Å². The first-order valence-corrected chi connectivity index (χ1v) is 9.00. The number of carbonyl (C=O) groups is 1. The quantitative estimate of drug-likeness (QED) is 0.686. The van der Waals surface area contributed by atoms with E-state index in [9.17, 15) is 9.18 Å². The van der Waals surface area contributed by atoms with Crippen LogP contribution in [-0.4, -0.2) is 18.8 Å². The average molecular weight is 355 g/mol. The van der Waals surface area contributed by atoms with E-state index in [-0.39, 0.29) is 17.5 Å². The van der Waals surface area contributed by atoms with E-state index < -0.39 is 0 Å². The minimum absolute atomic E-state index is 0.0864. The zero-order valence-electron chi connectivity index (χ0n) is 13.8. The van der Waals surface area contributed by atoms with Crippen molar-refractivity contribution >= 4 is 34.1 Å². The van der Waals surface area contributed by atoms with Crippen LogP contribution >= 0.6 is 11.8 Å². The summed E-state index contributed by atoms with van der Waals surface area (Å²) in [5.74, 6) is 1.02. The number of halogens is 1. The van der Waals surface area contributed by atoms with Crippen LogP contribution in [0.1, 0.15) is 5.56 Å². The van der Waals surface area contributed by atoms with Crippen molar-refractivity contribution in [3.63, 3.8) is 0 Å². The molecule has 1 amide bonds. The van der Waals surface area contributed by atoms with Gasteiger partial charge < -0.3 is 10.1 Å². The summed E-state index contributed by atoms with van der Waals surface area (Å²) in [4.78, 5) is 12.2. The minimum atomic E-state index is -0.309. The molecule has 0 saturated heterocycles. The molecule has 0 bridgehead atoms. The monoisotopic (exact) mass is 355 g/mol. The van der Waals surface area contributed by atoms with E-state index in [4.69, 9.17) is 4.74 Å². The van der Waals surface area contributed by atoms with Gasteiger partial charge in [0.05, 0.1) is 12.9 Å². The van der Waals surface area contributed by atoms with Crippen molar-refractivity contribution in [2.75, 3.05) is 18.2 Å². The fraction of sp³-hybridized carbons (Fsp3) is 0.150. The van der Waals surface area contributed by atoms with Crippen molar-refractivity contribution in [3.8, 4) is 5.75 Å². The SMILES string of the molecule is COc1ccc(F)cc1CSCC(=O)Nc1cccc2ccccc12. The summed E-state index contributed by atoms with van der Waals surface area (Å²) in [6.07, 6.45) is 0. The largest absolute Gasteiger partial charge is 0.496 e. The van der Waals surface area contributed by atoms with Crippen molar-refractivity contribution < 1.29 is 13.9 Å². The van der Waals surface area contributed by atoms with Gasteiger partial charge in [-0.25, -0.2) is 4.39 Å². The van der Waals surface area contributed by atoms with Crippen LogP contribution in [0.3, 0.4) is 0 Å². The minimum Gasteiger partial charge on any atom is -0.496 e. The molecule has 0 fully saturated rings. The Hall–Kier alpha value is -2.53. The van der Waals surface area contributed by atoms with Gasteiger partial charge in [0.1, 0.15) is 11.6 Å². The van der Waals surface area contributed by atoms with Crippen LogP contribution in [0.4, 0.5) is 10.1 Å². The van der Waals surface area contributed by atoms with E-state index in [1.54, 1.807) is 13.2 Å². The standard InChI is InChI=1S/C20H18FNO2S/c1-24-19-10-9-16(21)11-15(19)12-25-13-20(23)22-18-8-4-6-14-5-2-3-7-17(14)18/h2-11H,12-13H2,1H3,(H,22,23). The van der Waals surface area contributed by atoms with Gasteiger partial charge in [0.2, 0.25) is 5.91 Å². The molecule has 0 saturated carbocycles. The summed E-state index contributed by atoms with van der Waals surface area (Å²) in [7, 11) is 1.55. The number of hydrogen-bond donors (Lipinski definition) is 1. The Labute approximate surface area is 150 Å². The van der Waals surface area contributed by atoms with Crippen molar-refractivity contribution in [3.05, 3.63) is 72.0 Å². The zero-order valence-corrected chi connectivity index (χ0v) is 14.6. The van der Waals surface area contributed by atoms with Crippen molar-refractivity contribution in [2.24, 2.45) is 0 Å². The summed E-state index contributed by atoms with van der Waals surface area (Å²) in [5.41, 5.74) is 1.54. The number of anilines is 1. The van der Waals surface area contributed by atoms with Gasteiger partial charge in [-0.3, -0.25) is 4.79 Å². The number of amides is 1. The third-order valence-electron chi connectivity index (χ3n) is 3.80. The first kappa shape index (κ1) is 17.3. The Bertz CT molecular complexity index is 893. The summed E-state index contributed by atoms with van der Waals surface area (Å²) in [6.45, 7) is 0. The lowest BCUT2D eigenvalue weighted by Gasteiger charge is -2.10. The smallest absolute Gasteiger partial charge is 0.234 e. The molecule has 0 aliphatic carbocycles. The third-order valence-corrected chi connectivity index (χ3v) is 4.78. The highest BCUT2D eigenvalue weighted by atomic mass is 32.2. The molecule has 1 N–H and O–H groups in total. The fourth-order valence-corrected chi connectivity index (χ4v) is 3.44. The molecule has 0 aliphatic rings. The van der Waals surface area contributed by atoms with Gasteiger partial charge >= 0.3 is 0 Å². The summed E-state index contributed by atoms with van der Waals surface area (Å²) >= 11 is 1.42. The van der Waals surface area contributed by atoms with Gasteiger partial charge in [-0.1, -0.05) is 36.4 Å². The van der Waals surface area contributed by atoms with Gasteiger partial charge in [0.25, 0.3) is 0 Å². The fourth-order valence-electron chi connectivity index (χ4n) is 2.63. The number of benzene rings is 3. The summed E-state index contributed by atoms with van der Waals surface area (Å²) in [5, 5.41) is 5.04. The second-order valence-corrected chi connectivity index (χ2v) is 6.51. The Kier molecular flexibility index (Phi) is 5.56. The Balaban J connectivity index is 1.61. The number of nitrogens with one attached hydrogen (secondary N) is 1. The van der Waals surface area contributed by atoms with Crippen LogP contribution in [0, 0.1) is 5.82 Å². The predicted molar refractivity (Wildman–Crippen MR) is 102 cm³/mol. The Morgan fingerprint density at radius 2 is 1.92 bits per heavy atom. The van der Waals surface area contributed by atoms with Crippen molar-refractivity contribution in [1.29, 1.82) is 0 Å². The van der Waals surface area contributed by atoms with Crippen LogP contribution in [0.15, 0.2) is 60.7 Å². The van der Waals surface area contributed by atoms with E-state index in [2.05, 4.69) is 5.32 Å². The molecular weight excluding hydrogens is 337 g/mol. The number of thioether (sulfide) groups is 1. The van der Waals surface area contributed by atoms with Crippen LogP contribution in [-0.2, 0) is 10.5 Å². The van der Waals surface area contributed by atoms with E-state index >= 15 is 0 Å². The molecule has 0 unspecified atom stereocenters. The highest BCUT2D eigenvalue weighted by molar-refractivity contribution is 7.99. The van der Waals surface area contributed by atoms with Crippen LogP contribution in [0.25, 0.3) is 10.8 Å². The van der Waals surface area contributed by atoms with Gasteiger partial charge in [0, 0.05) is 22.4 Å². The van der Waals surface area contributed by atoms with E-state index in [1.165, 1.54) is 23.9 Å². The molecule has 0 atom stereocenters. The molecule has 3 aromatic rings. The Morgan fingerprint density at radius 1 is 1.12 bits per heavy atom. The molecule has 0 spiro atoms. The van der Waals surface area contributed by atoms with Crippen molar-refractivity contribution in [2.45, 2.75) is 5.75 Å². The lowest BCUT2D eigenvalue weighted by atomic mass is 10.1. The molecule has 25 heavy (non-hydrogen) atoms. The molecule has 0 aromatic heterocycles. The molecule has 0 heterocycles. The Morgan fingerprint density at radius 3 is 2.76 bits per heavy atom. The van der Waals surface area contributed by atoms with Crippen LogP contribution in [0.5, 0.6) is 5.75 Å². The number of carbonyl (C=O) groups excluding carboxylic acids is 1. The molecule has 3 nitrogen and oxygen atoms in total. The maximum Gasteiger partial charge on any atom is 0.234 e. The third kappa shape index (κ3) is 4.31. The highest BCUT2D eigenvalue weighted by Gasteiger charge is 2.09. The average Bonchev–Trinajstić information content (AvgIpc) is 2.62. The molecule has 0 aliphatic heterocycles. The van der Waals surface area contributed by atoms with Crippen molar-refractivity contribution in [1.82, 2.24) is 0 Å². The lowest BCUT2D eigenvalue weighted by molar-refractivity contribution is -0.113. The van der Waals surface area contributed by atoms with Gasteiger partial charge in [0.15, 0.2) is 0 Å². The highest BCUT2D eigenvalue weighted by Crippen LogP contribution is 2.25. The molecule has 5 heteroatoms. The molecule has 0 radical (unpaired) electrons. The van der Waals surface area contributed by atoms with Gasteiger partial charge in [-0.05, 0) is 29.7 Å². The van der Waals surface area contributed by atoms with E-state index in [0.717, 1.165) is 22.0 Å². The number of fused-ring (bicyclic) bond motifs is 1.